The van der Waals surface area contributed by atoms with E-state index >= 15 is 0 Å². The number of anilines is 1. The molecule has 0 amide bonds. The molecular formula is C32H39N7O5S. The van der Waals surface area contributed by atoms with E-state index in [1.807, 2.05) is 55.9 Å². The Morgan fingerprint density at radius 1 is 1.07 bits per heavy atom. The molecule has 3 aromatic heterocycles. The van der Waals surface area contributed by atoms with Crippen LogP contribution in [0.2, 0.25) is 0 Å². The molecule has 0 radical (unpaired) electrons. The van der Waals surface area contributed by atoms with Crippen LogP contribution < -0.4 is 14.4 Å². The van der Waals surface area contributed by atoms with Crippen LogP contribution in [0, 0.1) is 19.3 Å². The lowest BCUT2D eigenvalue weighted by Gasteiger charge is -2.59. The van der Waals surface area contributed by atoms with Gasteiger partial charge in [-0.25, -0.2) is 22.4 Å². The van der Waals surface area contributed by atoms with Gasteiger partial charge in [0.1, 0.15) is 17.6 Å². The third kappa shape index (κ3) is 5.40. The van der Waals surface area contributed by atoms with E-state index in [0.29, 0.717) is 31.2 Å². The zero-order chi connectivity index (χ0) is 31.5. The van der Waals surface area contributed by atoms with Gasteiger partial charge < -0.3 is 19.1 Å². The number of hydrogen-bond donors (Lipinski definition) is 0. The van der Waals surface area contributed by atoms with E-state index in [0.717, 1.165) is 77.2 Å². The number of nitrogens with zero attached hydrogens (tertiary/aromatic N) is 7. The smallest absolute Gasteiger partial charge is 0.211 e. The standard InChI is InChI=1S/C32H39N7O5S/c1-20-14-34-35-21(2)30(20)22(3)44-27-12-24-25(13-26(27)42-4)39(29-8-6-7-11-43-29)36-31(24)23-9-10-28(33-15-23)37-16-32(17-37)18-38(19-32)45(5,40)41/h9-10,12-15,22,29H,6-8,11,16-19H2,1-5H3/t22-,29?/m0/s1. The highest BCUT2D eigenvalue weighted by molar-refractivity contribution is 7.88. The topological polar surface area (TPSA) is 125 Å². The van der Waals surface area contributed by atoms with Gasteiger partial charge in [0.05, 0.1) is 30.8 Å². The fourth-order valence-corrected chi connectivity index (χ4v) is 8.01. The second-order valence-corrected chi connectivity index (χ2v) is 14.7. The van der Waals surface area contributed by atoms with Crippen LogP contribution in [-0.2, 0) is 14.8 Å². The molecule has 0 bridgehead atoms. The molecular weight excluding hydrogens is 594 g/mol. The highest BCUT2D eigenvalue weighted by Crippen LogP contribution is 2.44. The number of ether oxygens (including phenoxy) is 3. The number of pyridine rings is 1. The van der Waals surface area contributed by atoms with Crippen LogP contribution in [0.3, 0.4) is 0 Å². The molecule has 1 aromatic carbocycles. The third-order valence-electron chi connectivity index (χ3n) is 9.29. The average molecular weight is 634 g/mol. The van der Waals surface area contributed by atoms with E-state index in [4.69, 9.17) is 24.3 Å². The molecule has 1 spiro atoms. The van der Waals surface area contributed by atoms with E-state index in [-0.39, 0.29) is 17.7 Å². The molecule has 0 aliphatic carbocycles. The molecule has 0 saturated carbocycles. The molecule has 3 aliphatic heterocycles. The Balaban J connectivity index is 1.21. The third-order valence-corrected chi connectivity index (χ3v) is 10.5. The Bertz CT molecular complexity index is 1820. The van der Waals surface area contributed by atoms with E-state index in [1.165, 1.54) is 6.26 Å². The fourth-order valence-electron chi connectivity index (χ4n) is 6.99. The van der Waals surface area contributed by atoms with Crippen molar-refractivity contribution >= 4 is 26.7 Å². The SMILES string of the molecule is COc1cc2c(cc1O[C@@H](C)c1c(C)cnnc1C)c(-c1ccc(N3CC4(C3)CN(S(C)(=O)=O)C4)nc1)nn2C1CCCCO1. The van der Waals surface area contributed by atoms with E-state index in [9.17, 15) is 8.42 Å². The minimum atomic E-state index is -3.13. The number of rotatable bonds is 8. The summed E-state index contributed by atoms with van der Waals surface area (Å²) in [4.78, 5) is 7.01. The van der Waals surface area contributed by atoms with Gasteiger partial charge in [-0.1, -0.05) is 0 Å². The second-order valence-electron chi connectivity index (χ2n) is 12.7. The Morgan fingerprint density at radius 3 is 2.51 bits per heavy atom. The lowest BCUT2D eigenvalue weighted by atomic mass is 9.74. The largest absolute Gasteiger partial charge is 0.493 e. The zero-order valence-electron chi connectivity index (χ0n) is 26.4. The summed E-state index contributed by atoms with van der Waals surface area (Å²) in [6, 6.07) is 8.05. The fraction of sp³-hybridized carbons (Fsp3) is 0.500. The van der Waals surface area contributed by atoms with Crippen molar-refractivity contribution in [3.63, 3.8) is 0 Å². The van der Waals surface area contributed by atoms with Crippen molar-refractivity contribution in [1.29, 1.82) is 0 Å². The Kier molecular flexibility index (Phi) is 7.45. The van der Waals surface area contributed by atoms with Crippen molar-refractivity contribution in [1.82, 2.24) is 29.3 Å². The van der Waals surface area contributed by atoms with Crippen molar-refractivity contribution in [2.75, 3.05) is 51.1 Å². The van der Waals surface area contributed by atoms with Crippen molar-refractivity contribution in [3.8, 4) is 22.8 Å². The summed E-state index contributed by atoms with van der Waals surface area (Å²) < 4.78 is 45.7. The van der Waals surface area contributed by atoms with Crippen LogP contribution >= 0.6 is 0 Å². The summed E-state index contributed by atoms with van der Waals surface area (Å²) in [5.74, 6) is 2.09. The van der Waals surface area contributed by atoms with E-state index < -0.39 is 10.0 Å². The first-order valence-electron chi connectivity index (χ1n) is 15.4. The number of aromatic nitrogens is 5. The Hall–Kier alpha value is -3.81. The lowest BCUT2D eigenvalue weighted by Crippen LogP contribution is -2.73. The molecule has 2 atom stereocenters. The zero-order valence-corrected chi connectivity index (χ0v) is 27.2. The first-order chi connectivity index (χ1) is 21.5. The van der Waals surface area contributed by atoms with Gasteiger partial charge >= 0.3 is 0 Å². The lowest BCUT2D eigenvalue weighted by molar-refractivity contribution is -0.0365. The van der Waals surface area contributed by atoms with Gasteiger partial charge in [-0.2, -0.15) is 15.3 Å². The van der Waals surface area contributed by atoms with Gasteiger partial charge in [0.25, 0.3) is 0 Å². The van der Waals surface area contributed by atoms with Crippen LogP contribution in [0.1, 0.15) is 55.3 Å². The number of methoxy groups -OCH3 is 1. The monoisotopic (exact) mass is 633 g/mol. The highest BCUT2D eigenvalue weighted by Gasteiger charge is 2.54. The van der Waals surface area contributed by atoms with Gasteiger partial charge in [0, 0.05) is 67.0 Å². The molecule has 13 heteroatoms. The number of benzene rings is 1. The summed E-state index contributed by atoms with van der Waals surface area (Å²) in [5, 5.41) is 14.3. The minimum absolute atomic E-state index is 0.0361. The quantitative estimate of drug-likeness (QED) is 0.275. The van der Waals surface area contributed by atoms with Gasteiger partial charge in [0.2, 0.25) is 10.0 Å². The van der Waals surface area contributed by atoms with Gasteiger partial charge in [-0.05, 0) is 63.8 Å². The molecule has 12 nitrogen and oxygen atoms in total. The molecule has 3 fully saturated rings. The molecule has 0 N–H and O–H groups in total. The van der Waals surface area contributed by atoms with Crippen LogP contribution in [-0.4, -0.2) is 83.8 Å². The van der Waals surface area contributed by atoms with E-state index in [2.05, 4.69) is 15.1 Å². The maximum absolute atomic E-state index is 11.8. The average Bonchev–Trinajstić information content (AvgIpc) is 3.33. The van der Waals surface area contributed by atoms with Crippen LogP contribution in [0.15, 0.2) is 36.7 Å². The van der Waals surface area contributed by atoms with Crippen LogP contribution in [0.4, 0.5) is 5.82 Å². The maximum Gasteiger partial charge on any atom is 0.211 e. The van der Waals surface area contributed by atoms with E-state index in [1.54, 1.807) is 17.6 Å². The number of fused-ring (bicyclic) bond motifs is 1. The van der Waals surface area contributed by atoms with Crippen LogP contribution in [0.25, 0.3) is 22.2 Å². The molecule has 1 unspecified atom stereocenters. The summed E-state index contributed by atoms with van der Waals surface area (Å²) >= 11 is 0. The molecule has 45 heavy (non-hydrogen) atoms. The molecule has 6 heterocycles. The minimum Gasteiger partial charge on any atom is -0.493 e. The molecule has 238 valence electrons. The summed E-state index contributed by atoms with van der Waals surface area (Å²) in [5.41, 5.74) is 5.46. The highest BCUT2D eigenvalue weighted by atomic mass is 32.2. The summed E-state index contributed by atoms with van der Waals surface area (Å²) in [6.07, 6.45) is 7.43. The van der Waals surface area contributed by atoms with Gasteiger partial charge in [-0.15, -0.1) is 0 Å². The second kappa shape index (κ2) is 11.2. The number of sulfonamides is 1. The molecule has 3 aliphatic rings. The Labute approximate surface area is 263 Å². The number of aryl methyl sites for hydroxylation is 2. The van der Waals surface area contributed by atoms with Crippen molar-refractivity contribution in [2.24, 2.45) is 5.41 Å². The van der Waals surface area contributed by atoms with Gasteiger partial charge in [-0.3, -0.25) is 0 Å². The molecule has 4 aromatic rings. The normalized spacial score (nSPS) is 20.6. The Morgan fingerprint density at radius 2 is 1.87 bits per heavy atom. The van der Waals surface area contributed by atoms with Gasteiger partial charge in [0.15, 0.2) is 17.7 Å². The first-order valence-corrected chi connectivity index (χ1v) is 17.2. The molecule has 7 rings (SSSR count). The molecule has 3 saturated heterocycles. The maximum atomic E-state index is 11.8. The van der Waals surface area contributed by atoms with Crippen molar-refractivity contribution in [3.05, 3.63) is 53.5 Å². The first kappa shape index (κ1) is 29.9. The summed E-state index contributed by atoms with van der Waals surface area (Å²) in [7, 11) is -1.48. The number of hydrogen-bond acceptors (Lipinski definition) is 10. The predicted octanol–water partition coefficient (Wildman–Crippen LogP) is 4.43. The summed E-state index contributed by atoms with van der Waals surface area (Å²) in [6.45, 7) is 9.41. The predicted molar refractivity (Wildman–Crippen MR) is 170 cm³/mol. The van der Waals surface area contributed by atoms with Crippen LogP contribution in [0.5, 0.6) is 11.5 Å². The van der Waals surface area contributed by atoms with Crippen molar-refractivity contribution in [2.45, 2.75) is 52.4 Å². The van der Waals surface area contributed by atoms with Crippen molar-refractivity contribution < 1.29 is 22.6 Å².